The lowest BCUT2D eigenvalue weighted by Crippen LogP contribution is -2.30. The molecule has 0 saturated carbocycles. The summed E-state index contributed by atoms with van der Waals surface area (Å²) in [6, 6.07) is 0. The molecule has 0 saturated heterocycles. The first kappa shape index (κ1) is 71.6. The third-order valence-corrected chi connectivity index (χ3v) is 13.9. The third kappa shape index (κ3) is 61.3. The quantitative estimate of drug-likeness (QED) is 0.0261. The zero-order valence-electron chi connectivity index (χ0n) is 49.6. The molecule has 0 bridgehead atoms. The van der Waals surface area contributed by atoms with Gasteiger partial charge in [-0.2, -0.15) is 0 Å². The summed E-state index contributed by atoms with van der Waals surface area (Å²) in [5.41, 5.74) is 0. The summed E-state index contributed by atoms with van der Waals surface area (Å²) in [6.07, 6.45) is 83.1. The molecule has 0 fully saturated rings. The summed E-state index contributed by atoms with van der Waals surface area (Å²) in [5.74, 6) is -0.877. The molecule has 0 N–H and O–H groups in total. The Balaban J connectivity index is 4.23. The number of ether oxygens (including phenoxy) is 3. The van der Waals surface area contributed by atoms with E-state index in [0.717, 1.165) is 96.3 Å². The number of hydrogen-bond donors (Lipinski definition) is 0. The Labute approximate surface area is 465 Å². The van der Waals surface area contributed by atoms with Crippen molar-refractivity contribution in [2.24, 2.45) is 0 Å². The average Bonchev–Trinajstić information content (AvgIpc) is 3.41. The molecule has 0 spiro atoms. The van der Waals surface area contributed by atoms with Crippen LogP contribution in [0, 0.1) is 0 Å². The molecule has 1 unspecified atom stereocenters. The second-order valence-corrected chi connectivity index (χ2v) is 21.3. The Hall–Kier alpha value is -3.41. The molecule has 0 aromatic heterocycles. The molecule has 0 aliphatic carbocycles. The van der Waals surface area contributed by atoms with Gasteiger partial charge in [0.05, 0.1) is 0 Å². The van der Waals surface area contributed by atoms with Gasteiger partial charge in [0, 0.05) is 19.3 Å². The fraction of sp³-hybridized carbons (Fsp3) is 0.754. The molecule has 0 amide bonds. The van der Waals surface area contributed by atoms with Crippen molar-refractivity contribution in [2.75, 3.05) is 13.2 Å². The van der Waals surface area contributed by atoms with Crippen LogP contribution in [-0.2, 0) is 28.6 Å². The maximum absolute atomic E-state index is 12.9. The second kappa shape index (κ2) is 63.1. The number of carbonyl (C=O) groups excluding carboxylic acids is 3. The first-order valence-corrected chi connectivity index (χ1v) is 32.1. The zero-order chi connectivity index (χ0) is 54.3. The van der Waals surface area contributed by atoms with Crippen molar-refractivity contribution < 1.29 is 28.6 Å². The predicted molar refractivity (Wildman–Crippen MR) is 325 cm³/mol. The highest BCUT2D eigenvalue weighted by Crippen LogP contribution is 2.16. The molecule has 0 aliphatic heterocycles. The van der Waals surface area contributed by atoms with Gasteiger partial charge in [0.15, 0.2) is 6.10 Å². The van der Waals surface area contributed by atoms with Gasteiger partial charge in [0.1, 0.15) is 13.2 Å². The Bertz CT molecular complexity index is 1430. The molecule has 6 heteroatoms. The van der Waals surface area contributed by atoms with E-state index in [1.165, 1.54) is 180 Å². The molecule has 75 heavy (non-hydrogen) atoms. The molecule has 0 heterocycles. The van der Waals surface area contributed by atoms with Crippen molar-refractivity contribution in [1.82, 2.24) is 0 Å². The lowest BCUT2D eigenvalue weighted by molar-refractivity contribution is -0.167. The topological polar surface area (TPSA) is 78.9 Å². The van der Waals surface area contributed by atoms with Crippen LogP contribution in [0.15, 0.2) is 85.1 Å². The molecule has 0 aromatic rings. The van der Waals surface area contributed by atoms with E-state index >= 15 is 0 Å². The van der Waals surface area contributed by atoms with Gasteiger partial charge in [-0.05, 0) is 96.3 Å². The maximum Gasteiger partial charge on any atom is 0.306 e. The lowest BCUT2D eigenvalue weighted by atomic mass is 10.0. The summed E-state index contributed by atoms with van der Waals surface area (Å²) < 4.78 is 16.9. The molecule has 0 aromatic carbocycles. The SMILES string of the molecule is CC/C=C\C/C=C\C/C=C\C/C=C\CCCCCCCCCCCCC(=O)OC(COC(=O)CCCCCCCCCCC)COC(=O)CCCCCCCCCCCC/C=C\C/C=C\C/C=C\CCCCCCC. The summed E-state index contributed by atoms with van der Waals surface area (Å²) in [7, 11) is 0. The van der Waals surface area contributed by atoms with Crippen LogP contribution in [0.3, 0.4) is 0 Å². The standard InChI is InChI=1S/C69H120O6/c1-4-7-10-13-16-19-21-23-25-27-29-31-33-34-36-37-39-41-43-45-47-50-53-56-59-62-68(71)74-65-66(64-73-67(70)61-58-55-52-49-18-15-12-9-6-3)75-69(72)63-60-57-54-51-48-46-44-42-40-38-35-32-30-28-26-24-22-20-17-14-11-8-5-2/h8,11,17,20-21,23-24,26-27,29-30,32-34,66H,4-7,9-10,12-16,18-19,22,25,28,31,35-65H2,1-3H3/b11-8-,20-17-,23-21-,26-24-,29-27-,32-30-,34-33-. The number of carbonyl (C=O) groups is 3. The van der Waals surface area contributed by atoms with Gasteiger partial charge in [0.2, 0.25) is 0 Å². The van der Waals surface area contributed by atoms with Crippen molar-refractivity contribution in [1.29, 1.82) is 0 Å². The number of esters is 3. The summed E-state index contributed by atoms with van der Waals surface area (Å²) >= 11 is 0. The Morgan fingerprint density at radius 3 is 0.813 bits per heavy atom. The van der Waals surface area contributed by atoms with Gasteiger partial charge >= 0.3 is 17.9 Å². The number of hydrogen-bond acceptors (Lipinski definition) is 6. The molecule has 0 aliphatic rings. The highest BCUT2D eigenvalue weighted by molar-refractivity contribution is 5.71. The molecular formula is C69H120O6. The number of allylic oxidation sites excluding steroid dienone is 14. The van der Waals surface area contributed by atoms with E-state index in [4.69, 9.17) is 14.2 Å². The van der Waals surface area contributed by atoms with E-state index in [1.807, 2.05) is 0 Å². The number of rotatable bonds is 58. The Morgan fingerprint density at radius 2 is 0.520 bits per heavy atom. The van der Waals surface area contributed by atoms with Crippen LogP contribution in [0.25, 0.3) is 0 Å². The number of unbranched alkanes of at least 4 members (excludes halogenated alkanes) is 33. The summed E-state index contributed by atoms with van der Waals surface area (Å²) in [4.78, 5) is 38.2. The van der Waals surface area contributed by atoms with E-state index in [-0.39, 0.29) is 31.1 Å². The molecule has 0 rings (SSSR count). The van der Waals surface area contributed by atoms with Crippen LogP contribution in [0.2, 0.25) is 0 Å². The summed E-state index contributed by atoms with van der Waals surface area (Å²) in [6.45, 7) is 6.52. The molecule has 1 atom stereocenters. The highest BCUT2D eigenvalue weighted by atomic mass is 16.6. The minimum Gasteiger partial charge on any atom is -0.462 e. The van der Waals surface area contributed by atoms with Crippen LogP contribution in [0.4, 0.5) is 0 Å². The van der Waals surface area contributed by atoms with Crippen LogP contribution in [-0.4, -0.2) is 37.2 Å². The molecule has 6 nitrogen and oxygen atoms in total. The van der Waals surface area contributed by atoms with Gasteiger partial charge in [-0.25, -0.2) is 0 Å². The van der Waals surface area contributed by atoms with Gasteiger partial charge in [-0.1, -0.05) is 286 Å². The molecular weight excluding hydrogens is 925 g/mol. The minimum absolute atomic E-state index is 0.0770. The third-order valence-electron chi connectivity index (χ3n) is 13.9. The maximum atomic E-state index is 12.9. The van der Waals surface area contributed by atoms with E-state index in [1.54, 1.807) is 0 Å². The van der Waals surface area contributed by atoms with Crippen LogP contribution in [0.5, 0.6) is 0 Å². The lowest BCUT2D eigenvalue weighted by Gasteiger charge is -2.18. The summed E-state index contributed by atoms with van der Waals surface area (Å²) in [5, 5.41) is 0. The van der Waals surface area contributed by atoms with Crippen LogP contribution >= 0.6 is 0 Å². The van der Waals surface area contributed by atoms with Crippen LogP contribution < -0.4 is 0 Å². The van der Waals surface area contributed by atoms with Crippen molar-refractivity contribution in [3.8, 4) is 0 Å². The van der Waals surface area contributed by atoms with Crippen molar-refractivity contribution >= 4 is 17.9 Å². The Kier molecular flexibility index (Phi) is 60.3. The van der Waals surface area contributed by atoms with E-state index in [9.17, 15) is 14.4 Å². The zero-order valence-corrected chi connectivity index (χ0v) is 49.6. The highest BCUT2D eigenvalue weighted by Gasteiger charge is 2.19. The predicted octanol–water partition coefficient (Wildman–Crippen LogP) is 21.9. The van der Waals surface area contributed by atoms with Crippen molar-refractivity contribution in [3.05, 3.63) is 85.1 Å². The second-order valence-electron chi connectivity index (χ2n) is 21.3. The van der Waals surface area contributed by atoms with E-state index < -0.39 is 6.10 Å². The van der Waals surface area contributed by atoms with Crippen molar-refractivity contribution in [3.63, 3.8) is 0 Å². The van der Waals surface area contributed by atoms with Gasteiger partial charge < -0.3 is 14.2 Å². The average molecular weight is 1050 g/mol. The largest absolute Gasteiger partial charge is 0.462 e. The van der Waals surface area contributed by atoms with Gasteiger partial charge in [-0.15, -0.1) is 0 Å². The monoisotopic (exact) mass is 1040 g/mol. The van der Waals surface area contributed by atoms with E-state index in [0.29, 0.717) is 19.3 Å². The fourth-order valence-electron chi connectivity index (χ4n) is 9.09. The van der Waals surface area contributed by atoms with Gasteiger partial charge in [0.25, 0.3) is 0 Å². The first-order chi connectivity index (χ1) is 37.0. The van der Waals surface area contributed by atoms with Crippen molar-refractivity contribution in [2.45, 2.75) is 322 Å². The fourth-order valence-corrected chi connectivity index (χ4v) is 9.09. The smallest absolute Gasteiger partial charge is 0.306 e. The first-order valence-electron chi connectivity index (χ1n) is 32.1. The van der Waals surface area contributed by atoms with E-state index in [2.05, 4.69) is 106 Å². The minimum atomic E-state index is -0.779. The Morgan fingerprint density at radius 1 is 0.280 bits per heavy atom. The normalized spacial score (nSPS) is 12.6. The molecule has 0 radical (unpaired) electrons. The molecule has 432 valence electrons. The van der Waals surface area contributed by atoms with Crippen LogP contribution in [0.1, 0.15) is 316 Å². The van der Waals surface area contributed by atoms with Gasteiger partial charge in [-0.3, -0.25) is 14.4 Å².